The predicted octanol–water partition coefficient (Wildman–Crippen LogP) is 4.30. The van der Waals surface area contributed by atoms with Gasteiger partial charge < -0.3 is 4.74 Å². The number of ether oxygens (including phenoxy) is 1. The first kappa shape index (κ1) is 15.2. The van der Waals surface area contributed by atoms with Gasteiger partial charge in [-0.2, -0.15) is 0 Å². The van der Waals surface area contributed by atoms with Crippen molar-refractivity contribution in [3.63, 3.8) is 0 Å². The van der Waals surface area contributed by atoms with Crippen LogP contribution in [0, 0.1) is 0 Å². The van der Waals surface area contributed by atoms with E-state index in [2.05, 4.69) is 17.1 Å². The zero-order valence-electron chi connectivity index (χ0n) is 12.9. The summed E-state index contributed by atoms with van der Waals surface area (Å²) >= 11 is 0. The average molecular weight is 305 g/mol. The molecule has 3 aromatic rings. The number of esters is 1. The van der Waals surface area contributed by atoms with Gasteiger partial charge in [0.05, 0.1) is 0 Å². The lowest BCUT2D eigenvalue weighted by Crippen LogP contribution is -2.05. The van der Waals surface area contributed by atoms with Crippen molar-refractivity contribution in [3.8, 4) is 0 Å². The summed E-state index contributed by atoms with van der Waals surface area (Å²) in [7, 11) is 0. The van der Waals surface area contributed by atoms with Crippen LogP contribution in [0.4, 0.5) is 0 Å². The second kappa shape index (κ2) is 7.54. The Balaban J connectivity index is 1.45. The summed E-state index contributed by atoms with van der Waals surface area (Å²) in [6.45, 7) is 0.341. The van der Waals surface area contributed by atoms with E-state index < -0.39 is 0 Å². The summed E-state index contributed by atoms with van der Waals surface area (Å²) in [4.78, 5) is 16.2. The minimum absolute atomic E-state index is 0.158. The number of aryl methyl sites for hydroxylation is 1. The van der Waals surface area contributed by atoms with Crippen LogP contribution in [0.3, 0.4) is 0 Å². The molecule has 1 heterocycles. The SMILES string of the molecule is O=C(CCCc1cc2ccccc2cn1)OCc1ccccc1. The number of hydrogen-bond acceptors (Lipinski definition) is 3. The highest BCUT2D eigenvalue weighted by molar-refractivity contribution is 5.81. The van der Waals surface area contributed by atoms with Gasteiger partial charge in [-0.3, -0.25) is 9.78 Å². The Labute approximate surface area is 135 Å². The number of pyridine rings is 1. The minimum atomic E-state index is -0.158. The van der Waals surface area contributed by atoms with Crippen molar-refractivity contribution in [1.29, 1.82) is 0 Å². The zero-order chi connectivity index (χ0) is 15.9. The molecule has 23 heavy (non-hydrogen) atoms. The fraction of sp³-hybridized carbons (Fsp3) is 0.200. The topological polar surface area (TPSA) is 39.2 Å². The molecule has 1 aromatic heterocycles. The lowest BCUT2D eigenvalue weighted by molar-refractivity contribution is -0.145. The van der Waals surface area contributed by atoms with Crippen molar-refractivity contribution in [1.82, 2.24) is 4.98 Å². The molecule has 3 heteroatoms. The number of rotatable bonds is 6. The van der Waals surface area contributed by atoms with Crippen molar-refractivity contribution >= 4 is 16.7 Å². The molecule has 0 N–H and O–H groups in total. The van der Waals surface area contributed by atoms with Crippen LogP contribution >= 0.6 is 0 Å². The number of benzene rings is 2. The molecule has 0 radical (unpaired) electrons. The quantitative estimate of drug-likeness (QED) is 0.637. The van der Waals surface area contributed by atoms with Gasteiger partial charge in [-0.05, 0) is 29.9 Å². The first-order valence-corrected chi connectivity index (χ1v) is 7.84. The molecule has 0 bridgehead atoms. The number of carbonyl (C=O) groups excluding carboxylic acids is 1. The van der Waals surface area contributed by atoms with Gasteiger partial charge in [-0.1, -0.05) is 54.6 Å². The summed E-state index contributed by atoms with van der Waals surface area (Å²) in [5.74, 6) is -0.158. The van der Waals surface area contributed by atoms with Crippen molar-refractivity contribution in [3.05, 3.63) is 78.1 Å². The monoisotopic (exact) mass is 305 g/mol. The standard InChI is InChI=1S/C20H19NO2/c22-20(23-15-16-7-2-1-3-8-16)12-6-11-19-13-17-9-4-5-10-18(17)14-21-19/h1-5,7-10,13-14H,6,11-12,15H2. The molecule has 0 spiro atoms. The molecule has 0 saturated heterocycles. The molecule has 0 aliphatic carbocycles. The average Bonchev–Trinajstić information content (AvgIpc) is 2.61. The van der Waals surface area contributed by atoms with Gasteiger partial charge >= 0.3 is 5.97 Å². The van der Waals surface area contributed by atoms with E-state index in [-0.39, 0.29) is 5.97 Å². The molecular weight excluding hydrogens is 286 g/mol. The van der Waals surface area contributed by atoms with Crippen molar-refractivity contribution in [2.75, 3.05) is 0 Å². The zero-order valence-corrected chi connectivity index (χ0v) is 12.9. The first-order chi connectivity index (χ1) is 11.3. The number of fused-ring (bicyclic) bond motifs is 1. The van der Waals surface area contributed by atoms with Crippen LogP contribution in [0.2, 0.25) is 0 Å². The van der Waals surface area contributed by atoms with E-state index in [0.717, 1.165) is 29.5 Å². The molecule has 2 aromatic carbocycles. The molecule has 3 nitrogen and oxygen atoms in total. The van der Waals surface area contributed by atoms with Crippen LogP contribution in [-0.4, -0.2) is 11.0 Å². The highest BCUT2D eigenvalue weighted by Crippen LogP contribution is 2.14. The summed E-state index contributed by atoms with van der Waals surface area (Å²) in [5, 5.41) is 2.32. The Kier molecular flexibility index (Phi) is 4.99. The van der Waals surface area contributed by atoms with E-state index in [9.17, 15) is 4.79 Å². The second-order valence-electron chi connectivity index (χ2n) is 5.52. The highest BCUT2D eigenvalue weighted by Gasteiger charge is 2.05. The predicted molar refractivity (Wildman–Crippen MR) is 90.9 cm³/mol. The van der Waals surface area contributed by atoms with Crippen molar-refractivity contribution in [2.24, 2.45) is 0 Å². The largest absolute Gasteiger partial charge is 0.461 e. The van der Waals surface area contributed by atoms with E-state index >= 15 is 0 Å². The number of nitrogens with zero attached hydrogens (tertiary/aromatic N) is 1. The lowest BCUT2D eigenvalue weighted by Gasteiger charge is -2.05. The Hall–Kier alpha value is -2.68. The molecule has 0 atom stereocenters. The smallest absolute Gasteiger partial charge is 0.306 e. The van der Waals surface area contributed by atoms with Crippen LogP contribution in [0.25, 0.3) is 10.8 Å². The third kappa shape index (κ3) is 4.39. The summed E-state index contributed by atoms with van der Waals surface area (Å²) < 4.78 is 5.28. The van der Waals surface area contributed by atoms with Gasteiger partial charge in [0.1, 0.15) is 6.61 Å². The van der Waals surface area contributed by atoms with Gasteiger partial charge in [0, 0.05) is 23.7 Å². The van der Waals surface area contributed by atoms with Crippen LogP contribution in [-0.2, 0) is 22.6 Å². The maximum absolute atomic E-state index is 11.8. The molecule has 0 fully saturated rings. The van der Waals surface area contributed by atoms with Crippen LogP contribution in [0.1, 0.15) is 24.1 Å². The first-order valence-electron chi connectivity index (χ1n) is 7.84. The fourth-order valence-corrected chi connectivity index (χ4v) is 2.49. The van der Waals surface area contributed by atoms with E-state index in [1.165, 1.54) is 5.39 Å². The fourth-order valence-electron chi connectivity index (χ4n) is 2.49. The minimum Gasteiger partial charge on any atom is -0.461 e. The Morgan fingerprint density at radius 2 is 1.70 bits per heavy atom. The molecule has 0 unspecified atom stereocenters. The van der Waals surface area contributed by atoms with Crippen molar-refractivity contribution in [2.45, 2.75) is 25.9 Å². The van der Waals surface area contributed by atoms with E-state index in [1.54, 1.807) is 0 Å². The molecule has 0 aliphatic heterocycles. The number of aromatic nitrogens is 1. The maximum atomic E-state index is 11.8. The highest BCUT2D eigenvalue weighted by atomic mass is 16.5. The van der Waals surface area contributed by atoms with Crippen LogP contribution in [0.15, 0.2) is 66.9 Å². The summed E-state index contributed by atoms with van der Waals surface area (Å²) in [6.07, 6.45) is 3.84. The van der Waals surface area contributed by atoms with E-state index in [0.29, 0.717) is 13.0 Å². The lowest BCUT2D eigenvalue weighted by atomic mass is 10.1. The van der Waals surface area contributed by atoms with Crippen LogP contribution in [0.5, 0.6) is 0 Å². The van der Waals surface area contributed by atoms with Gasteiger partial charge in [0.2, 0.25) is 0 Å². The Bertz CT molecular complexity index is 784. The van der Waals surface area contributed by atoms with E-state index in [4.69, 9.17) is 4.74 Å². The van der Waals surface area contributed by atoms with Gasteiger partial charge in [-0.15, -0.1) is 0 Å². The van der Waals surface area contributed by atoms with Gasteiger partial charge in [-0.25, -0.2) is 0 Å². The molecular formula is C20H19NO2. The Morgan fingerprint density at radius 1 is 0.957 bits per heavy atom. The Morgan fingerprint density at radius 3 is 2.52 bits per heavy atom. The molecule has 0 aliphatic rings. The maximum Gasteiger partial charge on any atom is 0.306 e. The third-order valence-electron chi connectivity index (χ3n) is 3.74. The van der Waals surface area contributed by atoms with Gasteiger partial charge in [0.25, 0.3) is 0 Å². The third-order valence-corrected chi connectivity index (χ3v) is 3.74. The second-order valence-corrected chi connectivity index (χ2v) is 5.52. The number of hydrogen-bond donors (Lipinski definition) is 0. The molecule has 0 saturated carbocycles. The van der Waals surface area contributed by atoms with Crippen molar-refractivity contribution < 1.29 is 9.53 Å². The van der Waals surface area contributed by atoms with Crippen LogP contribution < -0.4 is 0 Å². The van der Waals surface area contributed by atoms with Gasteiger partial charge in [0.15, 0.2) is 0 Å². The number of carbonyl (C=O) groups is 1. The molecule has 0 amide bonds. The summed E-state index contributed by atoms with van der Waals surface area (Å²) in [5.41, 5.74) is 2.02. The molecule has 3 rings (SSSR count). The van der Waals surface area contributed by atoms with E-state index in [1.807, 2.05) is 54.7 Å². The summed E-state index contributed by atoms with van der Waals surface area (Å²) in [6, 6.07) is 20.0. The molecule has 116 valence electrons. The normalized spacial score (nSPS) is 10.6.